The molecule has 0 spiro atoms. The van der Waals surface area contributed by atoms with Gasteiger partial charge in [-0.1, -0.05) is 40.0 Å². The van der Waals surface area contributed by atoms with E-state index in [4.69, 9.17) is 0 Å². The van der Waals surface area contributed by atoms with Crippen molar-refractivity contribution in [3.8, 4) is 0 Å². The Bertz CT molecular complexity index is 359. The van der Waals surface area contributed by atoms with Gasteiger partial charge in [0.1, 0.15) is 11.1 Å². The fraction of sp³-hybridized carbons (Fsp3) is 0.875. The third-order valence-electron chi connectivity index (χ3n) is 4.68. The van der Waals surface area contributed by atoms with Crippen molar-refractivity contribution in [1.82, 2.24) is 10.2 Å². The lowest BCUT2D eigenvalue weighted by Crippen LogP contribution is -2.73. The largest absolute Gasteiger partial charge is 0.340 e. The number of hydrogen-bond donors (Lipinski definition) is 1. The van der Waals surface area contributed by atoms with Crippen LogP contribution in [0.2, 0.25) is 0 Å². The van der Waals surface area contributed by atoms with Crippen LogP contribution in [-0.2, 0) is 9.59 Å². The Morgan fingerprint density at radius 1 is 1.00 bits per heavy atom. The summed E-state index contributed by atoms with van der Waals surface area (Å²) in [5, 5.41) is 2.97. The van der Waals surface area contributed by atoms with Gasteiger partial charge in [-0.2, -0.15) is 0 Å². The van der Waals surface area contributed by atoms with E-state index in [0.717, 1.165) is 12.8 Å². The van der Waals surface area contributed by atoms with Gasteiger partial charge >= 0.3 is 0 Å². The highest BCUT2D eigenvalue weighted by Gasteiger charge is 2.52. The van der Waals surface area contributed by atoms with E-state index in [0.29, 0.717) is 19.4 Å². The molecule has 0 aromatic heterocycles. The zero-order valence-electron chi connectivity index (χ0n) is 13.7. The molecule has 1 aliphatic heterocycles. The summed E-state index contributed by atoms with van der Waals surface area (Å²) in [7, 11) is 0. The molecule has 1 N–H and O–H groups in total. The van der Waals surface area contributed by atoms with Crippen molar-refractivity contribution >= 4 is 11.8 Å². The average Bonchev–Trinajstić information content (AvgIpc) is 2.42. The lowest BCUT2D eigenvalue weighted by molar-refractivity contribution is -0.161. The number of unbranched alkanes of at least 4 members (excludes halogenated alkanes) is 3. The molecule has 1 rings (SSSR count). The first-order valence-corrected chi connectivity index (χ1v) is 8.00. The van der Waals surface area contributed by atoms with Gasteiger partial charge in [0, 0.05) is 6.54 Å². The highest BCUT2D eigenvalue weighted by molar-refractivity contribution is 6.01. The molecule has 0 saturated carbocycles. The van der Waals surface area contributed by atoms with E-state index < -0.39 is 11.1 Å². The van der Waals surface area contributed by atoms with Crippen LogP contribution in [0.15, 0.2) is 0 Å². The van der Waals surface area contributed by atoms with Gasteiger partial charge in [-0.15, -0.1) is 0 Å². The molecule has 116 valence electrons. The standard InChI is InChI=1S/C16H30N2O2/c1-6-9-10-11-12-18-14(20)16(7-2,8-3)17-13(19)15(18,4)5/h6-12H2,1-5H3,(H,17,19). The minimum absolute atomic E-state index is 0.0312. The van der Waals surface area contributed by atoms with Gasteiger partial charge < -0.3 is 10.2 Å². The van der Waals surface area contributed by atoms with Gasteiger partial charge in [0.15, 0.2) is 0 Å². The van der Waals surface area contributed by atoms with Crippen molar-refractivity contribution in [2.24, 2.45) is 0 Å². The summed E-state index contributed by atoms with van der Waals surface area (Å²) in [6.07, 6.45) is 5.74. The summed E-state index contributed by atoms with van der Waals surface area (Å²) in [4.78, 5) is 27.0. The van der Waals surface area contributed by atoms with Gasteiger partial charge in [0.2, 0.25) is 11.8 Å². The number of nitrogens with one attached hydrogen (secondary N) is 1. The predicted molar refractivity (Wildman–Crippen MR) is 81.4 cm³/mol. The van der Waals surface area contributed by atoms with Gasteiger partial charge in [0.05, 0.1) is 0 Å². The number of rotatable bonds is 7. The molecule has 0 aromatic carbocycles. The van der Waals surface area contributed by atoms with E-state index in [1.807, 2.05) is 27.7 Å². The molecule has 1 heterocycles. The van der Waals surface area contributed by atoms with Crippen LogP contribution in [0, 0.1) is 0 Å². The van der Waals surface area contributed by atoms with Crippen molar-refractivity contribution in [3.63, 3.8) is 0 Å². The summed E-state index contributed by atoms with van der Waals surface area (Å²) in [5.41, 5.74) is -1.44. The molecule has 1 fully saturated rings. The Kier molecular flexibility index (Phi) is 5.60. The van der Waals surface area contributed by atoms with Crippen LogP contribution in [0.4, 0.5) is 0 Å². The molecule has 0 radical (unpaired) electrons. The highest BCUT2D eigenvalue weighted by Crippen LogP contribution is 2.30. The minimum atomic E-state index is -0.739. The van der Waals surface area contributed by atoms with E-state index in [1.54, 1.807) is 4.90 Å². The molecule has 0 bridgehead atoms. The first-order chi connectivity index (χ1) is 9.35. The lowest BCUT2D eigenvalue weighted by Gasteiger charge is -2.49. The van der Waals surface area contributed by atoms with Crippen molar-refractivity contribution in [2.75, 3.05) is 6.54 Å². The Balaban J connectivity index is 2.90. The molecule has 2 amide bonds. The van der Waals surface area contributed by atoms with Gasteiger partial charge in [-0.25, -0.2) is 0 Å². The number of nitrogens with zero attached hydrogens (tertiary/aromatic N) is 1. The van der Waals surface area contributed by atoms with Crippen molar-refractivity contribution in [2.45, 2.75) is 84.2 Å². The fourth-order valence-electron chi connectivity index (χ4n) is 2.87. The second-order valence-electron chi connectivity index (χ2n) is 6.32. The Labute approximate surface area is 123 Å². The third-order valence-corrected chi connectivity index (χ3v) is 4.68. The maximum Gasteiger partial charge on any atom is 0.249 e. The van der Waals surface area contributed by atoms with E-state index in [1.165, 1.54) is 12.8 Å². The zero-order chi connectivity index (χ0) is 15.4. The number of hydrogen-bond acceptors (Lipinski definition) is 2. The maximum atomic E-state index is 12.8. The molecular formula is C16H30N2O2. The van der Waals surface area contributed by atoms with E-state index in [2.05, 4.69) is 12.2 Å². The fourth-order valence-corrected chi connectivity index (χ4v) is 2.87. The van der Waals surface area contributed by atoms with E-state index >= 15 is 0 Å². The molecule has 0 atom stereocenters. The van der Waals surface area contributed by atoms with Crippen molar-refractivity contribution < 1.29 is 9.59 Å². The molecule has 20 heavy (non-hydrogen) atoms. The van der Waals surface area contributed by atoms with Crippen LogP contribution >= 0.6 is 0 Å². The second-order valence-corrected chi connectivity index (χ2v) is 6.32. The summed E-state index contributed by atoms with van der Waals surface area (Å²) in [5.74, 6) is 0.0555. The zero-order valence-corrected chi connectivity index (χ0v) is 13.7. The molecule has 1 aliphatic rings. The number of piperazine rings is 1. The highest BCUT2D eigenvalue weighted by atomic mass is 16.2. The van der Waals surface area contributed by atoms with Crippen LogP contribution < -0.4 is 5.32 Å². The number of amides is 2. The average molecular weight is 282 g/mol. The Morgan fingerprint density at radius 2 is 1.60 bits per heavy atom. The smallest absolute Gasteiger partial charge is 0.249 e. The summed E-state index contributed by atoms with van der Waals surface area (Å²) >= 11 is 0. The van der Waals surface area contributed by atoms with Crippen molar-refractivity contribution in [1.29, 1.82) is 0 Å². The van der Waals surface area contributed by atoms with Crippen LogP contribution in [0.5, 0.6) is 0 Å². The van der Waals surface area contributed by atoms with E-state index in [-0.39, 0.29) is 11.8 Å². The SMILES string of the molecule is CCCCCCN1C(=O)C(CC)(CC)NC(=O)C1(C)C. The van der Waals surface area contributed by atoms with Gasteiger partial charge in [0.25, 0.3) is 0 Å². The Morgan fingerprint density at radius 3 is 2.10 bits per heavy atom. The molecular weight excluding hydrogens is 252 g/mol. The summed E-state index contributed by atoms with van der Waals surface area (Å²) in [6.45, 7) is 10.5. The van der Waals surface area contributed by atoms with Gasteiger partial charge in [-0.3, -0.25) is 9.59 Å². The van der Waals surface area contributed by atoms with E-state index in [9.17, 15) is 9.59 Å². The second kappa shape index (κ2) is 6.59. The molecule has 4 nitrogen and oxygen atoms in total. The molecule has 0 aliphatic carbocycles. The third kappa shape index (κ3) is 2.99. The molecule has 1 saturated heterocycles. The lowest BCUT2D eigenvalue weighted by atomic mass is 9.83. The first-order valence-electron chi connectivity index (χ1n) is 8.00. The summed E-state index contributed by atoms with van der Waals surface area (Å²) in [6, 6.07) is 0. The monoisotopic (exact) mass is 282 g/mol. The topological polar surface area (TPSA) is 49.4 Å². The normalized spacial score (nSPS) is 20.9. The van der Waals surface area contributed by atoms with Crippen LogP contribution in [0.1, 0.15) is 73.1 Å². The minimum Gasteiger partial charge on any atom is -0.340 e. The Hall–Kier alpha value is -1.06. The van der Waals surface area contributed by atoms with Crippen LogP contribution in [0.25, 0.3) is 0 Å². The molecule has 4 heteroatoms. The number of carbonyl (C=O) groups excluding carboxylic acids is 2. The summed E-state index contributed by atoms with van der Waals surface area (Å²) < 4.78 is 0. The molecule has 0 aromatic rings. The van der Waals surface area contributed by atoms with Crippen LogP contribution in [-0.4, -0.2) is 34.3 Å². The molecule has 0 unspecified atom stereocenters. The van der Waals surface area contributed by atoms with Crippen molar-refractivity contribution in [3.05, 3.63) is 0 Å². The van der Waals surface area contributed by atoms with Gasteiger partial charge in [-0.05, 0) is 33.1 Å². The van der Waals surface area contributed by atoms with Crippen LogP contribution in [0.3, 0.4) is 0 Å². The number of carbonyl (C=O) groups is 2. The quantitative estimate of drug-likeness (QED) is 0.730. The first kappa shape index (κ1) is 17.0. The predicted octanol–water partition coefficient (Wildman–Crippen LogP) is 2.86. The maximum absolute atomic E-state index is 12.8.